The van der Waals surface area contributed by atoms with Crippen LogP contribution in [0, 0.1) is 0 Å². The molecule has 0 radical (unpaired) electrons. The van der Waals surface area contributed by atoms with Crippen LogP contribution in [0.2, 0.25) is 0 Å². The highest BCUT2D eigenvalue weighted by atomic mass is 16.2. The molecular weight excluding hydrogens is 256 g/mol. The topological polar surface area (TPSA) is 57.7 Å². The number of carbonyl (C=O) groups is 3. The van der Waals surface area contributed by atoms with E-state index < -0.39 is 0 Å². The number of Topliss-reactive ketones (excluding diaryl/α,β-unsaturated/α-hetero) is 1. The molecule has 2 amide bonds. The maximum absolute atomic E-state index is 12.0. The van der Waals surface area contributed by atoms with Crippen molar-refractivity contribution >= 4 is 18.1 Å². The van der Waals surface area contributed by atoms with Gasteiger partial charge in [-0.05, 0) is 0 Å². The fourth-order valence-electron chi connectivity index (χ4n) is 2.22. The zero-order chi connectivity index (χ0) is 14.4. The SMILES string of the molecule is O=CN1CCN(C(=O)CCC(=O)c2ccccc2)CC1. The summed E-state index contributed by atoms with van der Waals surface area (Å²) in [7, 11) is 0. The number of nitrogens with zero attached hydrogens (tertiary/aromatic N) is 2. The smallest absolute Gasteiger partial charge is 0.223 e. The van der Waals surface area contributed by atoms with Crippen LogP contribution in [0.5, 0.6) is 0 Å². The molecule has 0 spiro atoms. The quantitative estimate of drug-likeness (QED) is 0.593. The lowest BCUT2D eigenvalue weighted by molar-refractivity contribution is -0.135. The van der Waals surface area contributed by atoms with Gasteiger partial charge in [0, 0.05) is 44.6 Å². The van der Waals surface area contributed by atoms with Crippen molar-refractivity contribution < 1.29 is 14.4 Å². The number of carbonyl (C=O) groups excluding carboxylic acids is 3. The van der Waals surface area contributed by atoms with E-state index in [0.717, 1.165) is 6.41 Å². The summed E-state index contributed by atoms with van der Waals surface area (Å²) in [5.41, 5.74) is 0.645. The molecule has 0 atom stereocenters. The minimum atomic E-state index is -0.0140. The molecule has 1 aromatic carbocycles. The highest BCUT2D eigenvalue weighted by Crippen LogP contribution is 2.08. The van der Waals surface area contributed by atoms with Crippen LogP contribution < -0.4 is 0 Å². The summed E-state index contributed by atoms with van der Waals surface area (Å²) in [4.78, 5) is 37.9. The van der Waals surface area contributed by atoms with Gasteiger partial charge in [0.2, 0.25) is 12.3 Å². The minimum absolute atomic E-state index is 0.00882. The van der Waals surface area contributed by atoms with Crippen molar-refractivity contribution in [3.63, 3.8) is 0 Å². The highest BCUT2D eigenvalue weighted by molar-refractivity contribution is 5.97. The van der Waals surface area contributed by atoms with Crippen molar-refractivity contribution in [1.29, 1.82) is 0 Å². The van der Waals surface area contributed by atoms with Gasteiger partial charge < -0.3 is 9.80 Å². The van der Waals surface area contributed by atoms with Gasteiger partial charge in [-0.3, -0.25) is 14.4 Å². The second kappa shape index (κ2) is 6.84. The van der Waals surface area contributed by atoms with Gasteiger partial charge in [-0.2, -0.15) is 0 Å². The summed E-state index contributed by atoms with van der Waals surface area (Å²) in [6, 6.07) is 9.00. The molecule has 1 aliphatic rings. The Morgan fingerprint density at radius 2 is 1.65 bits per heavy atom. The summed E-state index contributed by atoms with van der Waals surface area (Å²) in [5.74, 6) is -0.0229. The first-order valence-electron chi connectivity index (χ1n) is 6.76. The molecule has 1 heterocycles. The minimum Gasteiger partial charge on any atom is -0.342 e. The van der Waals surface area contributed by atoms with E-state index in [4.69, 9.17) is 0 Å². The Balaban J connectivity index is 1.78. The molecule has 5 heteroatoms. The van der Waals surface area contributed by atoms with Gasteiger partial charge in [0.25, 0.3) is 0 Å². The average molecular weight is 274 g/mol. The number of hydrogen-bond acceptors (Lipinski definition) is 3. The molecule has 0 unspecified atom stereocenters. The predicted octanol–water partition coefficient (Wildman–Crippen LogP) is 0.950. The third-order valence-electron chi connectivity index (χ3n) is 3.48. The molecule has 1 saturated heterocycles. The summed E-state index contributed by atoms with van der Waals surface area (Å²) < 4.78 is 0. The summed E-state index contributed by atoms with van der Waals surface area (Å²) in [6.45, 7) is 2.25. The Bertz CT molecular complexity index is 479. The largest absolute Gasteiger partial charge is 0.342 e. The van der Waals surface area contributed by atoms with Crippen LogP contribution in [0.4, 0.5) is 0 Å². The van der Waals surface area contributed by atoms with E-state index in [-0.39, 0.29) is 24.5 Å². The van der Waals surface area contributed by atoms with Gasteiger partial charge in [-0.1, -0.05) is 30.3 Å². The molecule has 1 aromatic rings. The maximum Gasteiger partial charge on any atom is 0.223 e. The fraction of sp³-hybridized carbons (Fsp3) is 0.400. The number of amides is 2. The molecule has 20 heavy (non-hydrogen) atoms. The third-order valence-corrected chi connectivity index (χ3v) is 3.48. The fourth-order valence-corrected chi connectivity index (χ4v) is 2.22. The Labute approximate surface area is 118 Å². The van der Waals surface area contributed by atoms with Gasteiger partial charge in [0.15, 0.2) is 5.78 Å². The van der Waals surface area contributed by atoms with Crippen LogP contribution in [0.3, 0.4) is 0 Å². The Kier molecular flexibility index (Phi) is 4.87. The molecule has 0 aromatic heterocycles. The van der Waals surface area contributed by atoms with Gasteiger partial charge in [0.05, 0.1) is 0 Å². The lowest BCUT2D eigenvalue weighted by Crippen LogP contribution is -2.48. The molecular formula is C15H18N2O3. The molecule has 0 N–H and O–H groups in total. The lowest BCUT2D eigenvalue weighted by atomic mass is 10.1. The number of piperazine rings is 1. The molecule has 1 fully saturated rings. The van der Waals surface area contributed by atoms with Crippen LogP contribution in [0.1, 0.15) is 23.2 Å². The molecule has 0 aliphatic carbocycles. The van der Waals surface area contributed by atoms with Gasteiger partial charge in [-0.15, -0.1) is 0 Å². The van der Waals surface area contributed by atoms with Crippen molar-refractivity contribution in [3.8, 4) is 0 Å². The summed E-state index contributed by atoms with van der Waals surface area (Å²) in [6.07, 6.45) is 1.27. The molecule has 2 rings (SSSR count). The average Bonchev–Trinajstić information content (AvgIpc) is 2.53. The van der Waals surface area contributed by atoms with Gasteiger partial charge in [-0.25, -0.2) is 0 Å². The third kappa shape index (κ3) is 3.66. The molecule has 106 valence electrons. The van der Waals surface area contributed by atoms with E-state index in [0.29, 0.717) is 31.7 Å². The molecule has 0 bridgehead atoms. The van der Waals surface area contributed by atoms with Crippen molar-refractivity contribution in [2.24, 2.45) is 0 Å². The van der Waals surface area contributed by atoms with E-state index in [9.17, 15) is 14.4 Å². The standard InChI is InChI=1S/C15H18N2O3/c18-12-16-8-10-17(11-9-16)15(20)7-6-14(19)13-4-2-1-3-5-13/h1-5,12H,6-11H2. The van der Waals surface area contributed by atoms with Gasteiger partial charge in [0.1, 0.15) is 0 Å². The first kappa shape index (κ1) is 14.2. The first-order chi connectivity index (χ1) is 9.70. The van der Waals surface area contributed by atoms with Crippen LogP contribution in [0.25, 0.3) is 0 Å². The molecule has 5 nitrogen and oxygen atoms in total. The van der Waals surface area contributed by atoms with E-state index in [2.05, 4.69) is 0 Å². The number of hydrogen-bond donors (Lipinski definition) is 0. The van der Waals surface area contributed by atoms with Crippen molar-refractivity contribution in [2.75, 3.05) is 26.2 Å². The number of ketones is 1. The second-order valence-corrected chi connectivity index (χ2v) is 4.81. The van der Waals surface area contributed by atoms with Crippen molar-refractivity contribution in [2.45, 2.75) is 12.8 Å². The van der Waals surface area contributed by atoms with E-state index in [1.807, 2.05) is 18.2 Å². The van der Waals surface area contributed by atoms with E-state index in [1.54, 1.807) is 21.9 Å². The normalized spacial score (nSPS) is 15.0. The highest BCUT2D eigenvalue weighted by Gasteiger charge is 2.20. The Hall–Kier alpha value is -2.17. The summed E-state index contributed by atoms with van der Waals surface area (Å²) >= 11 is 0. The van der Waals surface area contributed by atoms with Gasteiger partial charge >= 0.3 is 0 Å². The Morgan fingerprint density at radius 3 is 2.25 bits per heavy atom. The Morgan fingerprint density at radius 1 is 1.00 bits per heavy atom. The lowest BCUT2D eigenvalue weighted by Gasteiger charge is -2.32. The monoisotopic (exact) mass is 274 g/mol. The predicted molar refractivity (Wildman–Crippen MR) is 74.2 cm³/mol. The van der Waals surface area contributed by atoms with E-state index in [1.165, 1.54) is 0 Å². The van der Waals surface area contributed by atoms with E-state index >= 15 is 0 Å². The van der Waals surface area contributed by atoms with Crippen molar-refractivity contribution in [1.82, 2.24) is 9.80 Å². The van der Waals surface area contributed by atoms with Crippen LogP contribution in [0.15, 0.2) is 30.3 Å². The summed E-state index contributed by atoms with van der Waals surface area (Å²) in [5, 5.41) is 0. The number of rotatable bonds is 5. The second-order valence-electron chi connectivity index (χ2n) is 4.81. The van der Waals surface area contributed by atoms with Crippen LogP contribution >= 0.6 is 0 Å². The zero-order valence-corrected chi connectivity index (χ0v) is 11.3. The number of benzene rings is 1. The maximum atomic E-state index is 12.0. The van der Waals surface area contributed by atoms with Crippen LogP contribution in [-0.2, 0) is 9.59 Å². The first-order valence-corrected chi connectivity index (χ1v) is 6.76. The van der Waals surface area contributed by atoms with Crippen LogP contribution in [-0.4, -0.2) is 54.1 Å². The van der Waals surface area contributed by atoms with Crippen molar-refractivity contribution in [3.05, 3.63) is 35.9 Å². The molecule has 1 aliphatic heterocycles. The zero-order valence-electron chi connectivity index (χ0n) is 11.3. The molecule has 0 saturated carbocycles.